The summed E-state index contributed by atoms with van der Waals surface area (Å²) in [5.74, 6) is -0.226. The second-order valence-corrected chi connectivity index (χ2v) is 5.26. The highest BCUT2D eigenvalue weighted by Crippen LogP contribution is 2.08. The molecule has 0 heterocycles. The number of nitrogens with zero attached hydrogens (tertiary/aromatic N) is 2. The van der Waals surface area contributed by atoms with Crippen molar-refractivity contribution in [2.45, 2.75) is 19.4 Å². The van der Waals surface area contributed by atoms with Crippen molar-refractivity contribution in [3.63, 3.8) is 0 Å². The van der Waals surface area contributed by atoms with Crippen LogP contribution in [0.4, 0.5) is 0 Å². The fourth-order valence-corrected chi connectivity index (χ4v) is 1.79. The van der Waals surface area contributed by atoms with Gasteiger partial charge >= 0.3 is 5.97 Å². The van der Waals surface area contributed by atoms with E-state index in [4.69, 9.17) is 9.84 Å². The Balaban J connectivity index is 2.25. The number of hydrogen-bond donors (Lipinski definition) is 1. The molecule has 0 saturated heterocycles. The van der Waals surface area contributed by atoms with Crippen LogP contribution in [0.1, 0.15) is 13.3 Å². The summed E-state index contributed by atoms with van der Waals surface area (Å²) in [5.41, 5.74) is 0. The van der Waals surface area contributed by atoms with Gasteiger partial charge in [-0.2, -0.15) is 0 Å². The lowest BCUT2D eigenvalue weighted by Gasteiger charge is -2.24. The zero-order valence-electron chi connectivity index (χ0n) is 13.4. The molecule has 0 radical (unpaired) electrons. The van der Waals surface area contributed by atoms with Gasteiger partial charge in [0, 0.05) is 13.6 Å². The highest BCUT2D eigenvalue weighted by Gasteiger charge is 2.20. The standard InChI is InChI=1S/C16H24N2O4/c1-13(16(20)21)18(3)12-15(19)17(2)10-7-11-22-14-8-5-4-6-9-14/h4-6,8-9,13H,7,10-12H2,1-3H3,(H,20,21). The van der Waals surface area contributed by atoms with Crippen molar-refractivity contribution in [1.29, 1.82) is 0 Å². The Hall–Kier alpha value is -2.08. The largest absolute Gasteiger partial charge is 0.494 e. The van der Waals surface area contributed by atoms with Gasteiger partial charge in [0.05, 0.1) is 13.2 Å². The summed E-state index contributed by atoms with van der Waals surface area (Å²) >= 11 is 0. The summed E-state index contributed by atoms with van der Waals surface area (Å²) in [7, 11) is 3.34. The highest BCUT2D eigenvalue weighted by molar-refractivity contribution is 5.79. The van der Waals surface area contributed by atoms with E-state index in [9.17, 15) is 9.59 Å². The SMILES string of the molecule is CC(C(=O)O)N(C)CC(=O)N(C)CCCOc1ccccc1. The summed E-state index contributed by atoms with van der Waals surface area (Å²) in [4.78, 5) is 26.0. The van der Waals surface area contributed by atoms with Gasteiger partial charge < -0.3 is 14.7 Å². The molecule has 1 unspecified atom stereocenters. The Bertz CT molecular complexity index is 478. The normalized spacial score (nSPS) is 12.0. The molecular formula is C16H24N2O4. The van der Waals surface area contributed by atoms with E-state index in [-0.39, 0.29) is 12.5 Å². The number of amides is 1. The van der Waals surface area contributed by atoms with Crippen molar-refractivity contribution in [1.82, 2.24) is 9.80 Å². The minimum absolute atomic E-state index is 0.0868. The van der Waals surface area contributed by atoms with Crippen LogP contribution in [0.3, 0.4) is 0 Å². The molecule has 6 nitrogen and oxygen atoms in total. The van der Waals surface area contributed by atoms with Crippen LogP contribution < -0.4 is 4.74 Å². The minimum Gasteiger partial charge on any atom is -0.494 e. The molecule has 1 atom stereocenters. The van der Waals surface area contributed by atoms with Gasteiger partial charge in [-0.15, -0.1) is 0 Å². The number of para-hydroxylation sites is 1. The highest BCUT2D eigenvalue weighted by atomic mass is 16.5. The molecule has 1 amide bonds. The molecule has 6 heteroatoms. The predicted octanol–water partition coefficient (Wildman–Crippen LogP) is 1.32. The third-order valence-electron chi connectivity index (χ3n) is 3.48. The van der Waals surface area contributed by atoms with Gasteiger partial charge in [0.1, 0.15) is 11.8 Å². The molecule has 1 N–H and O–H groups in total. The Kier molecular flexibility index (Phi) is 7.39. The Morgan fingerprint density at radius 1 is 1.23 bits per heavy atom. The van der Waals surface area contributed by atoms with Gasteiger partial charge in [0.2, 0.25) is 5.91 Å². The van der Waals surface area contributed by atoms with E-state index in [0.717, 1.165) is 12.2 Å². The average Bonchev–Trinajstić information content (AvgIpc) is 2.51. The number of hydrogen-bond acceptors (Lipinski definition) is 4. The number of aliphatic carboxylic acids is 1. The molecule has 22 heavy (non-hydrogen) atoms. The summed E-state index contributed by atoms with van der Waals surface area (Å²) in [6.07, 6.45) is 0.718. The zero-order chi connectivity index (χ0) is 16.5. The Morgan fingerprint density at radius 3 is 2.45 bits per heavy atom. The number of rotatable bonds is 9. The van der Waals surface area contributed by atoms with Crippen molar-refractivity contribution < 1.29 is 19.4 Å². The number of benzene rings is 1. The summed E-state index contributed by atoms with van der Waals surface area (Å²) in [6.45, 7) is 2.75. The lowest BCUT2D eigenvalue weighted by atomic mass is 10.3. The van der Waals surface area contributed by atoms with E-state index in [2.05, 4.69) is 0 Å². The van der Waals surface area contributed by atoms with Crippen molar-refractivity contribution in [3.05, 3.63) is 30.3 Å². The third-order valence-corrected chi connectivity index (χ3v) is 3.48. The molecule has 1 aromatic carbocycles. The van der Waals surface area contributed by atoms with Crippen LogP contribution in [0.15, 0.2) is 30.3 Å². The molecule has 1 rings (SSSR count). The molecule has 122 valence electrons. The molecule has 0 aliphatic heterocycles. The first-order valence-corrected chi connectivity index (χ1v) is 7.26. The lowest BCUT2D eigenvalue weighted by molar-refractivity contribution is -0.143. The van der Waals surface area contributed by atoms with Gasteiger partial charge in [0.15, 0.2) is 0 Å². The second-order valence-electron chi connectivity index (χ2n) is 5.26. The number of carboxylic acid groups (broad SMARTS) is 1. The van der Waals surface area contributed by atoms with Gasteiger partial charge in [0.25, 0.3) is 0 Å². The third kappa shape index (κ3) is 6.13. The summed E-state index contributed by atoms with van der Waals surface area (Å²) in [5, 5.41) is 8.90. The van der Waals surface area contributed by atoms with Crippen LogP contribution in [0, 0.1) is 0 Å². The lowest BCUT2D eigenvalue weighted by Crippen LogP contribution is -2.43. The molecular weight excluding hydrogens is 284 g/mol. The molecule has 0 fully saturated rings. The fourth-order valence-electron chi connectivity index (χ4n) is 1.79. The molecule has 1 aromatic rings. The van der Waals surface area contributed by atoms with Gasteiger partial charge in [-0.1, -0.05) is 18.2 Å². The van der Waals surface area contributed by atoms with Crippen molar-refractivity contribution in [2.24, 2.45) is 0 Å². The van der Waals surface area contributed by atoms with Crippen molar-refractivity contribution in [3.8, 4) is 5.75 Å². The first kappa shape index (κ1) is 18.0. The van der Waals surface area contributed by atoms with Crippen LogP contribution in [0.5, 0.6) is 5.75 Å². The van der Waals surface area contributed by atoms with E-state index >= 15 is 0 Å². The number of carbonyl (C=O) groups excluding carboxylic acids is 1. The van der Waals surface area contributed by atoms with E-state index in [1.165, 1.54) is 4.90 Å². The van der Waals surface area contributed by atoms with Gasteiger partial charge in [-0.25, -0.2) is 0 Å². The summed E-state index contributed by atoms with van der Waals surface area (Å²) < 4.78 is 5.56. The maximum atomic E-state index is 12.0. The first-order chi connectivity index (χ1) is 10.4. The van der Waals surface area contributed by atoms with Crippen LogP contribution >= 0.6 is 0 Å². The maximum absolute atomic E-state index is 12.0. The number of carbonyl (C=O) groups is 2. The van der Waals surface area contributed by atoms with Gasteiger partial charge in [-0.05, 0) is 32.5 Å². The molecule has 0 aliphatic carbocycles. The average molecular weight is 308 g/mol. The first-order valence-electron chi connectivity index (χ1n) is 7.26. The van der Waals surface area contributed by atoms with E-state index in [1.54, 1.807) is 25.9 Å². The number of likely N-dealkylation sites (N-methyl/N-ethyl adjacent to an activating group) is 2. The van der Waals surface area contributed by atoms with Crippen LogP contribution in [-0.4, -0.2) is 66.6 Å². The van der Waals surface area contributed by atoms with Crippen LogP contribution in [0.2, 0.25) is 0 Å². The van der Waals surface area contributed by atoms with Crippen molar-refractivity contribution in [2.75, 3.05) is 33.8 Å². The second kappa shape index (κ2) is 9.04. The monoisotopic (exact) mass is 308 g/mol. The predicted molar refractivity (Wildman–Crippen MR) is 83.9 cm³/mol. The maximum Gasteiger partial charge on any atom is 0.320 e. The zero-order valence-corrected chi connectivity index (χ0v) is 13.4. The Morgan fingerprint density at radius 2 is 1.86 bits per heavy atom. The minimum atomic E-state index is -0.936. The topological polar surface area (TPSA) is 70.1 Å². The van der Waals surface area contributed by atoms with Crippen LogP contribution in [-0.2, 0) is 9.59 Å². The van der Waals surface area contributed by atoms with E-state index < -0.39 is 12.0 Å². The molecule has 0 aromatic heterocycles. The van der Waals surface area contributed by atoms with Crippen molar-refractivity contribution >= 4 is 11.9 Å². The quantitative estimate of drug-likeness (QED) is 0.697. The summed E-state index contributed by atoms with van der Waals surface area (Å²) in [6, 6.07) is 8.83. The molecule has 0 aliphatic rings. The van der Waals surface area contributed by atoms with Crippen LogP contribution in [0.25, 0.3) is 0 Å². The van der Waals surface area contributed by atoms with E-state index in [0.29, 0.717) is 13.2 Å². The smallest absolute Gasteiger partial charge is 0.320 e. The molecule has 0 bridgehead atoms. The van der Waals surface area contributed by atoms with Gasteiger partial charge in [-0.3, -0.25) is 14.5 Å². The Labute approximate surface area is 131 Å². The fraction of sp³-hybridized carbons (Fsp3) is 0.500. The molecule has 0 spiro atoms. The number of ether oxygens (including phenoxy) is 1. The van der Waals surface area contributed by atoms with E-state index in [1.807, 2.05) is 30.3 Å². The number of carboxylic acids is 1. The molecule has 0 saturated carbocycles.